The number of aromatic nitrogens is 3. The minimum Gasteiger partial charge on any atom is -0.456 e. The molecule has 8 N–H and O–H groups in total. The zero-order valence-electron chi connectivity index (χ0n) is 53.9. The number of likely N-dealkylation sites (tertiary alicyclic amines) is 1. The summed E-state index contributed by atoms with van der Waals surface area (Å²) in [5, 5.41) is 26.2. The van der Waals surface area contributed by atoms with Crippen LogP contribution in [0.1, 0.15) is 102 Å². The van der Waals surface area contributed by atoms with Crippen LogP contribution in [-0.2, 0) is 68.0 Å². The summed E-state index contributed by atoms with van der Waals surface area (Å²) in [5.41, 5.74) is 5.13. The summed E-state index contributed by atoms with van der Waals surface area (Å²) in [6.45, 7) is 14.2. The van der Waals surface area contributed by atoms with E-state index in [4.69, 9.17) is 9.83 Å². The first kappa shape index (κ1) is 70.1. The van der Waals surface area contributed by atoms with Gasteiger partial charge in [-0.1, -0.05) is 49.2 Å². The van der Waals surface area contributed by atoms with Crippen molar-refractivity contribution < 1.29 is 49.6 Å². The fourth-order valence-corrected chi connectivity index (χ4v) is 14.4. The molecule has 1 aliphatic carbocycles. The highest BCUT2D eigenvalue weighted by atomic mass is 32.2. The maximum absolute atomic E-state index is 14.4. The molecule has 5 amide bonds. The highest BCUT2D eigenvalue weighted by molar-refractivity contribution is 7.89. The number of hydrogen-bond acceptors (Lipinski definition) is 13. The van der Waals surface area contributed by atoms with E-state index in [9.17, 15) is 40.6 Å². The van der Waals surface area contributed by atoms with Crippen molar-refractivity contribution in [1.82, 2.24) is 49.9 Å². The van der Waals surface area contributed by atoms with Gasteiger partial charge in [-0.05, 0) is 129 Å². The lowest BCUT2D eigenvalue weighted by molar-refractivity contribution is -0.688. The first-order valence-corrected chi connectivity index (χ1v) is 35.7. The fraction of sp³-hybridized carbons (Fsp3) is 0.470. The van der Waals surface area contributed by atoms with Crippen LogP contribution >= 0.6 is 11.3 Å². The molecule has 23 nitrogen and oxygen atoms in total. The summed E-state index contributed by atoms with van der Waals surface area (Å²) in [6, 6.07) is 22.8. The van der Waals surface area contributed by atoms with E-state index in [1.54, 1.807) is 17.0 Å². The van der Waals surface area contributed by atoms with Gasteiger partial charge in [0.05, 0.1) is 24.4 Å². The number of hydrogen-bond donors (Lipinski definition) is 8. The van der Waals surface area contributed by atoms with E-state index in [2.05, 4.69) is 73.4 Å². The van der Waals surface area contributed by atoms with Gasteiger partial charge in [0.2, 0.25) is 39.4 Å². The Hall–Kier alpha value is -7.75. The van der Waals surface area contributed by atoms with Crippen molar-refractivity contribution in [2.75, 3.05) is 70.9 Å². The zero-order chi connectivity index (χ0) is 66.1. The lowest BCUT2D eigenvalue weighted by Gasteiger charge is -2.31. The van der Waals surface area contributed by atoms with E-state index >= 15 is 0 Å². The van der Waals surface area contributed by atoms with Crippen molar-refractivity contribution in [3.05, 3.63) is 130 Å². The summed E-state index contributed by atoms with van der Waals surface area (Å²) in [4.78, 5) is 58.8. The van der Waals surface area contributed by atoms with Crippen molar-refractivity contribution in [1.29, 1.82) is 5.41 Å². The molecule has 3 aromatic carbocycles. The van der Waals surface area contributed by atoms with Crippen molar-refractivity contribution in [2.24, 2.45) is 14.1 Å². The molecular formula is C66H91N13O10S3+2. The summed E-state index contributed by atoms with van der Waals surface area (Å²) in [5.74, 6) is -0.737. The number of unbranched alkanes of at least 4 members (excludes halogenated alkanes) is 4. The van der Waals surface area contributed by atoms with Crippen molar-refractivity contribution in [3.8, 4) is 22.5 Å². The molecule has 1 saturated heterocycles. The third-order valence-electron chi connectivity index (χ3n) is 17.1. The number of amides is 5. The van der Waals surface area contributed by atoms with E-state index in [0.717, 1.165) is 80.5 Å². The summed E-state index contributed by atoms with van der Waals surface area (Å²) >= 11 is 1.20. The van der Waals surface area contributed by atoms with Crippen molar-refractivity contribution >= 4 is 71.9 Å². The van der Waals surface area contributed by atoms with Crippen LogP contribution in [-0.4, -0.2) is 143 Å². The molecule has 2 aromatic heterocycles. The second-order valence-corrected chi connectivity index (χ2v) is 27.6. The first-order valence-electron chi connectivity index (χ1n) is 31.9. The number of aryl methyl sites for hydroxylation is 1. The van der Waals surface area contributed by atoms with Crippen LogP contribution in [0, 0.1) is 5.41 Å². The maximum Gasteiger partial charge on any atom is 0.314 e. The van der Waals surface area contributed by atoms with E-state index in [-0.39, 0.29) is 65.6 Å². The number of fused-ring (bicyclic) bond motifs is 2. The molecule has 496 valence electrons. The normalized spacial score (nSPS) is 13.8. The minimum absolute atomic E-state index is 0.0536. The molecule has 26 heteroatoms. The summed E-state index contributed by atoms with van der Waals surface area (Å²) in [6.07, 6.45) is 9.13. The molecular weight excluding hydrogens is 1230 g/mol. The molecule has 1 fully saturated rings. The highest BCUT2D eigenvalue weighted by Crippen LogP contribution is 2.43. The van der Waals surface area contributed by atoms with Crippen LogP contribution in [0.3, 0.4) is 0 Å². The molecule has 3 aliphatic rings. The number of sulfonamides is 1. The maximum atomic E-state index is 14.4. The van der Waals surface area contributed by atoms with E-state index in [0.29, 0.717) is 85.2 Å². The predicted molar refractivity (Wildman–Crippen MR) is 357 cm³/mol. The molecule has 0 spiro atoms. The Morgan fingerprint density at radius 2 is 1.47 bits per heavy atom. The topological polar surface area (TPSA) is 289 Å². The van der Waals surface area contributed by atoms with Gasteiger partial charge in [-0.25, -0.2) is 31.6 Å². The van der Waals surface area contributed by atoms with Gasteiger partial charge in [-0.2, -0.15) is 8.42 Å². The monoisotopic (exact) mass is 1320 g/mol. The number of rotatable bonds is 32. The zero-order valence-corrected chi connectivity index (χ0v) is 56.4. The number of imidazole rings is 1. The number of benzene rings is 4. The van der Waals surface area contributed by atoms with Crippen molar-refractivity contribution in [2.45, 2.75) is 133 Å². The van der Waals surface area contributed by atoms with Gasteiger partial charge < -0.3 is 45.4 Å². The largest absolute Gasteiger partial charge is 0.456 e. The second kappa shape index (κ2) is 32.7. The molecule has 2 aliphatic heterocycles. The Morgan fingerprint density at radius 1 is 0.783 bits per heavy atom. The van der Waals surface area contributed by atoms with E-state index in [1.165, 1.54) is 23.5 Å². The number of anilines is 1. The number of thiazole rings is 1. The Labute approximate surface area is 544 Å². The van der Waals surface area contributed by atoms with Gasteiger partial charge in [0, 0.05) is 103 Å². The molecule has 8 rings (SSSR count). The van der Waals surface area contributed by atoms with E-state index in [1.807, 2.05) is 102 Å². The summed E-state index contributed by atoms with van der Waals surface area (Å²) < 4.78 is 81.6. The molecule has 2 atom stereocenters. The van der Waals surface area contributed by atoms with Crippen LogP contribution in [0.5, 0.6) is 0 Å². The Balaban J connectivity index is 0.829. The quantitative estimate of drug-likeness (QED) is 0.0110. The molecule has 5 aromatic rings. The van der Waals surface area contributed by atoms with Crippen LogP contribution in [0.2, 0.25) is 0 Å². The molecule has 0 radical (unpaired) electrons. The second-order valence-electron chi connectivity index (χ2n) is 23.6. The van der Waals surface area contributed by atoms with Crippen LogP contribution in [0.4, 0.5) is 10.5 Å². The average molecular weight is 1320 g/mol. The number of carbonyl (C=O) groups is 4. The number of piperidine rings is 1. The SMILES string of the molecule is CCN(CC)c1ccc2c(-c3ccc(S(=O)(=O)NCCCCCCNC(=O)NCCCC[C@H](NC(=O)Cc4csc(=N)n4C)C(=O)N[C@@H](Cc4c[n+](Cc5ccccc5)cn4C)C(=O)NC4CCN(C)CC4)cc3S(=O)(=O)O)c3ccc(=[N+](CC)CC)cc-3oc2c1. The third kappa shape index (κ3) is 18.7. The first-order chi connectivity index (χ1) is 44.1. The lowest BCUT2D eigenvalue weighted by Crippen LogP contribution is -2.56. The smallest absolute Gasteiger partial charge is 0.314 e. The number of carbonyl (C=O) groups excluding carboxylic acids is 4. The molecule has 92 heavy (non-hydrogen) atoms. The Bertz CT molecular complexity index is 4010. The van der Waals surface area contributed by atoms with Crippen LogP contribution in [0.15, 0.2) is 117 Å². The lowest BCUT2D eigenvalue weighted by atomic mass is 9.93. The van der Waals surface area contributed by atoms with Gasteiger partial charge >= 0.3 is 6.03 Å². The van der Waals surface area contributed by atoms with Gasteiger partial charge in [-0.3, -0.25) is 24.3 Å². The molecule has 4 heterocycles. The minimum atomic E-state index is -4.97. The molecule has 0 unspecified atom stereocenters. The third-order valence-corrected chi connectivity index (χ3v) is 20.3. The Morgan fingerprint density at radius 3 is 2.13 bits per heavy atom. The predicted octanol–water partition coefficient (Wildman–Crippen LogP) is 5.64. The van der Waals surface area contributed by atoms with Gasteiger partial charge in [0.1, 0.15) is 59.8 Å². The van der Waals surface area contributed by atoms with Crippen molar-refractivity contribution in [3.63, 3.8) is 0 Å². The molecule has 0 saturated carbocycles. The number of nitrogens with one attached hydrogen (secondary N) is 7. The Kier molecular flexibility index (Phi) is 24.9. The molecule has 0 bridgehead atoms. The van der Waals surface area contributed by atoms with Gasteiger partial charge in [0.25, 0.3) is 10.1 Å². The number of urea groups is 1. The van der Waals surface area contributed by atoms with Crippen LogP contribution < -0.4 is 55.5 Å². The number of nitrogens with zero attached hydrogens (tertiary/aromatic N) is 6. The summed E-state index contributed by atoms with van der Waals surface area (Å²) in [7, 11) is -3.55. The average Bonchev–Trinajstić information content (AvgIpc) is 0.830. The van der Waals surface area contributed by atoms with E-state index < -0.39 is 48.9 Å². The van der Waals surface area contributed by atoms with Crippen LogP contribution in [0.25, 0.3) is 33.4 Å². The highest BCUT2D eigenvalue weighted by Gasteiger charge is 2.32. The standard InChI is InChI=1S/C66H89N13O10S3/c1-8-78(9-2)48-24-27-53-58(38-48)89-59-39-49(79(10-3)11-4)25-28-54(59)62(53)55-29-26-52(41-60(55)92(86,87)88)91(84,85)70-34-19-13-12-18-32-68-66(83)69-33-20-17-23-56(72-61(80)40-51-44-90-65(67)76(51)7)63(81)73-57(64(82)71-47-30-35-74(5)36-31-47)37-50-43-77(45-75(50)6)42-46-21-15-14-16-22-46/h14-16,21-22,24-29,38-39,41,43-45,47,56-57,67,70H,8-13,17-20,23,30-37,40,42H2,1-7H3,(H4-2,68,69,71,72,73,80,81,82,83,86,87,88)/p+2/t56-,57-/m0/s1. The van der Waals surface area contributed by atoms with Gasteiger partial charge in [-0.15, -0.1) is 11.3 Å². The fourth-order valence-electron chi connectivity index (χ4n) is 11.7. The van der Waals surface area contributed by atoms with Gasteiger partial charge in [0.15, 0.2) is 4.80 Å².